The Labute approximate surface area is 154 Å². The van der Waals surface area contributed by atoms with Gasteiger partial charge in [0.1, 0.15) is 6.61 Å². The molecule has 4 heteroatoms. The molecule has 2 aliphatic rings. The molecule has 0 spiro atoms. The third-order valence-electron chi connectivity index (χ3n) is 6.04. The molecule has 0 unspecified atom stereocenters. The highest BCUT2D eigenvalue weighted by Crippen LogP contribution is 2.44. The number of ether oxygens (including phenoxy) is 1. The van der Waals surface area contributed by atoms with Gasteiger partial charge in [-0.25, -0.2) is 4.79 Å². The van der Waals surface area contributed by atoms with Crippen LogP contribution in [-0.4, -0.2) is 47.8 Å². The fraction of sp³-hybridized carbons (Fsp3) is 0.409. The fourth-order valence-corrected chi connectivity index (χ4v) is 4.69. The highest BCUT2D eigenvalue weighted by molar-refractivity contribution is 5.68. The Balaban J connectivity index is 1.59. The van der Waals surface area contributed by atoms with Gasteiger partial charge in [-0.1, -0.05) is 54.6 Å². The van der Waals surface area contributed by atoms with Crippen molar-refractivity contribution in [2.45, 2.75) is 43.4 Å². The van der Waals surface area contributed by atoms with Gasteiger partial charge in [-0.15, -0.1) is 0 Å². The second kappa shape index (κ2) is 7.22. The number of carbonyl (C=O) groups is 1. The van der Waals surface area contributed by atoms with E-state index in [-0.39, 0.29) is 18.6 Å². The van der Waals surface area contributed by atoms with Gasteiger partial charge in [0, 0.05) is 18.0 Å². The lowest BCUT2D eigenvalue weighted by atomic mass is 9.82. The zero-order valence-corrected chi connectivity index (χ0v) is 15.0. The van der Waals surface area contributed by atoms with Crippen molar-refractivity contribution in [3.8, 4) is 11.1 Å². The first-order chi connectivity index (χ1) is 12.6. The molecular weight excluding hydrogens is 326 g/mol. The van der Waals surface area contributed by atoms with Gasteiger partial charge in [0.25, 0.3) is 0 Å². The minimum atomic E-state index is -0.897. The SMILES string of the molecule is CN1[C@H]2CC[C@@H]1[C@H](OCC(=O)O)[C@H](c1ccc(-c3ccccc3)cc1)C2. The number of hydrogen-bond donors (Lipinski definition) is 1. The van der Waals surface area contributed by atoms with Crippen molar-refractivity contribution in [1.29, 1.82) is 0 Å². The average molecular weight is 351 g/mol. The van der Waals surface area contributed by atoms with E-state index in [0.29, 0.717) is 12.1 Å². The Bertz CT molecular complexity index is 759. The predicted octanol–water partition coefficient (Wildman–Crippen LogP) is 3.77. The van der Waals surface area contributed by atoms with E-state index in [4.69, 9.17) is 9.84 Å². The summed E-state index contributed by atoms with van der Waals surface area (Å²) in [5.41, 5.74) is 3.67. The predicted molar refractivity (Wildman–Crippen MR) is 101 cm³/mol. The van der Waals surface area contributed by atoms with Crippen molar-refractivity contribution in [3.05, 3.63) is 60.2 Å². The summed E-state index contributed by atoms with van der Waals surface area (Å²) in [6.45, 7) is -0.224. The van der Waals surface area contributed by atoms with Crippen molar-refractivity contribution in [2.24, 2.45) is 0 Å². The first-order valence-electron chi connectivity index (χ1n) is 9.34. The zero-order valence-electron chi connectivity index (χ0n) is 15.0. The molecule has 0 amide bonds. The molecule has 2 bridgehead atoms. The van der Waals surface area contributed by atoms with Crippen LogP contribution in [0.1, 0.15) is 30.7 Å². The summed E-state index contributed by atoms with van der Waals surface area (Å²) in [5, 5.41) is 9.06. The molecule has 136 valence electrons. The third-order valence-corrected chi connectivity index (χ3v) is 6.04. The van der Waals surface area contributed by atoms with E-state index in [1.807, 2.05) is 18.2 Å². The smallest absolute Gasteiger partial charge is 0.329 e. The van der Waals surface area contributed by atoms with Gasteiger partial charge in [-0.3, -0.25) is 4.90 Å². The number of carboxylic acids is 1. The maximum Gasteiger partial charge on any atom is 0.329 e. The Morgan fingerprint density at radius 2 is 1.77 bits per heavy atom. The van der Waals surface area contributed by atoms with E-state index in [9.17, 15) is 4.79 Å². The number of benzene rings is 2. The monoisotopic (exact) mass is 351 g/mol. The Morgan fingerprint density at radius 1 is 1.08 bits per heavy atom. The molecule has 2 aromatic carbocycles. The van der Waals surface area contributed by atoms with Crippen LogP contribution in [0.25, 0.3) is 11.1 Å². The molecule has 1 N–H and O–H groups in total. The van der Waals surface area contributed by atoms with Crippen LogP contribution < -0.4 is 0 Å². The first kappa shape index (κ1) is 17.3. The van der Waals surface area contributed by atoms with Crippen molar-refractivity contribution in [2.75, 3.05) is 13.7 Å². The lowest BCUT2D eigenvalue weighted by Crippen LogP contribution is -2.50. The van der Waals surface area contributed by atoms with E-state index in [1.165, 1.54) is 23.1 Å². The Morgan fingerprint density at radius 3 is 2.46 bits per heavy atom. The molecular formula is C22H25NO3. The van der Waals surface area contributed by atoms with Gasteiger partial charge in [0.2, 0.25) is 0 Å². The molecule has 0 radical (unpaired) electrons. The number of nitrogens with zero attached hydrogens (tertiary/aromatic N) is 1. The normalized spacial score (nSPS) is 28.2. The topological polar surface area (TPSA) is 49.8 Å². The maximum atomic E-state index is 11.0. The number of aliphatic carboxylic acids is 1. The third kappa shape index (κ3) is 3.27. The molecule has 0 aliphatic carbocycles. The molecule has 2 aromatic rings. The molecule has 26 heavy (non-hydrogen) atoms. The highest BCUT2D eigenvalue weighted by Gasteiger charge is 2.46. The lowest BCUT2D eigenvalue weighted by molar-refractivity contribution is -0.147. The van der Waals surface area contributed by atoms with Crippen molar-refractivity contribution < 1.29 is 14.6 Å². The minimum absolute atomic E-state index is 0.0579. The molecule has 4 rings (SSSR count). The summed E-state index contributed by atoms with van der Waals surface area (Å²) in [7, 11) is 2.15. The van der Waals surface area contributed by atoms with Gasteiger partial charge in [-0.2, -0.15) is 0 Å². The standard InChI is InChI=1S/C22H25NO3/c1-23-18-11-12-20(23)22(26-14-21(24)25)19(13-18)17-9-7-16(8-10-17)15-5-3-2-4-6-15/h2-10,18-20,22H,11-14H2,1H3,(H,24,25)/t18-,19-,20+,22+/m0/s1. The molecule has 0 saturated carbocycles. The Hall–Kier alpha value is -2.17. The maximum absolute atomic E-state index is 11.0. The number of rotatable bonds is 5. The van der Waals surface area contributed by atoms with Crippen LogP contribution in [0, 0.1) is 0 Å². The average Bonchev–Trinajstić information content (AvgIpc) is 2.90. The lowest BCUT2D eigenvalue weighted by Gasteiger charge is -2.42. The molecule has 2 heterocycles. The summed E-state index contributed by atoms with van der Waals surface area (Å²) in [6.07, 6.45) is 3.23. The van der Waals surface area contributed by atoms with Gasteiger partial charge >= 0.3 is 5.97 Å². The number of likely N-dealkylation sites (N-methyl/N-ethyl adjacent to an activating group) is 1. The summed E-state index contributed by atoms with van der Waals surface area (Å²) < 4.78 is 5.89. The van der Waals surface area contributed by atoms with E-state index in [2.05, 4.69) is 48.3 Å². The molecule has 2 saturated heterocycles. The van der Waals surface area contributed by atoms with Crippen LogP contribution in [-0.2, 0) is 9.53 Å². The first-order valence-corrected chi connectivity index (χ1v) is 9.34. The van der Waals surface area contributed by atoms with E-state index < -0.39 is 5.97 Å². The second-order valence-corrected chi connectivity index (χ2v) is 7.46. The van der Waals surface area contributed by atoms with Crippen molar-refractivity contribution in [1.82, 2.24) is 4.90 Å². The zero-order chi connectivity index (χ0) is 18.1. The number of hydrogen-bond acceptors (Lipinski definition) is 3. The number of piperidine rings is 1. The van der Waals surface area contributed by atoms with Crippen LogP contribution in [0.3, 0.4) is 0 Å². The van der Waals surface area contributed by atoms with Crippen molar-refractivity contribution in [3.63, 3.8) is 0 Å². The Kier molecular flexibility index (Phi) is 4.79. The largest absolute Gasteiger partial charge is 0.480 e. The molecule has 4 nitrogen and oxygen atoms in total. The summed E-state index contributed by atoms with van der Waals surface area (Å²) >= 11 is 0. The van der Waals surface area contributed by atoms with Crippen LogP contribution >= 0.6 is 0 Å². The quantitative estimate of drug-likeness (QED) is 0.891. The van der Waals surface area contributed by atoms with E-state index in [1.54, 1.807) is 0 Å². The highest BCUT2D eigenvalue weighted by atomic mass is 16.5. The van der Waals surface area contributed by atoms with Crippen LogP contribution in [0.15, 0.2) is 54.6 Å². The molecule has 2 aliphatic heterocycles. The van der Waals surface area contributed by atoms with Gasteiger partial charge < -0.3 is 9.84 Å². The number of carboxylic acid groups (broad SMARTS) is 1. The van der Waals surface area contributed by atoms with E-state index >= 15 is 0 Å². The van der Waals surface area contributed by atoms with Crippen LogP contribution in [0.2, 0.25) is 0 Å². The molecule has 4 atom stereocenters. The van der Waals surface area contributed by atoms with Gasteiger partial charge in [0.05, 0.1) is 6.10 Å². The summed E-state index contributed by atoms with van der Waals surface area (Å²) in [4.78, 5) is 13.4. The molecule has 2 fully saturated rings. The van der Waals surface area contributed by atoms with Gasteiger partial charge in [0.15, 0.2) is 0 Å². The fourth-order valence-electron chi connectivity index (χ4n) is 4.69. The van der Waals surface area contributed by atoms with Gasteiger partial charge in [-0.05, 0) is 43.0 Å². The van der Waals surface area contributed by atoms with Crippen LogP contribution in [0.5, 0.6) is 0 Å². The summed E-state index contributed by atoms with van der Waals surface area (Å²) in [6, 6.07) is 19.9. The number of fused-ring (bicyclic) bond motifs is 2. The van der Waals surface area contributed by atoms with E-state index in [0.717, 1.165) is 12.8 Å². The van der Waals surface area contributed by atoms with Crippen LogP contribution in [0.4, 0.5) is 0 Å². The second-order valence-electron chi connectivity index (χ2n) is 7.46. The minimum Gasteiger partial charge on any atom is -0.480 e. The summed E-state index contributed by atoms with van der Waals surface area (Å²) in [5.74, 6) is -0.640. The molecule has 0 aromatic heterocycles. The van der Waals surface area contributed by atoms with Crippen molar-refractivity contribution >= 4 is 5.97 Å².